The molecule has 1 unspecified atom stereocenters. The summed E-state index contributed by atoms with van der Waals surface area (Å²) in [5.41, 5.74) is 0. The van der Waals surface area contributed by atoms with Crippen molar-refractivity contribution in [3.8, 4) is 0 Å². The summed E-state index contributed by atoms with van der Waals surface area (Å²) in [6, 6.07) is 0. The molecule has 1 nitrogen and oxygen atoms in total. The van der Waals surface area contributed by atoms with Crippen LogP contribution in [0, 0.1) is 5.92 Å². The van der Waals surface area contributed by atoms with E-state index in [0.29, 0.717) is 18.3 Å². The molecule has 0 saturated carbocycles. The van der Waals surface area contributed by atoms with Gasteiger partial charge in [-0.15, -0.1) is 11.6 Å². The Labute approximate surface area is 88.0 Å². The maximum Gasteiger partial charge on any atom is 0.390 e. The monoisotopic (exact) mass is 231 g/mol. The highest BCUT2D eigenvalue weighted by atomic mass is 35.5. The summed E-state index contributed by atoms with van der Waals surface area (Å²) in [4.78, 5) is 0. The minimum Gasteiger partial charge on any atom is -0.316 e. The van der Waals surface area contributed by atoms with E-state index in [4.69, 9.17) is 11.6 Å². The smallest absolute Gasteiger partial charge is 0.316 e. The van der Waals surface area contributed by atoms with Crippen LogP contribution in [0.3, 0.4) is 0 Å². The predicted molar refractivity (Wildman–Crippen MR) is 52.7 cm³/mol. The van der Waals surface area contributed by atoms with Gasteiger partial charge in [-0.1, -0.05) is 6.92 Å². The van der Waals surface area contributed by atoms with Crippen LogP contribution in [-0.4, -0.2) is 25.1 Å². The van der Waals surface area contributed by atoms with Gasteiger partial charge in [-0.2, -0.15) is 13.2 Å². The molecule has 0 fully saturated rings. The quantitative estimate of drug-likeness (QED) is 0.524. The summed E-state index contributed by atoms with van der Waals surface area (Å²) in [6.45, 7) is 2.68. The topological polar surface area (TPSA) is 12.0 Å². The van der Waals surface area contributed by atoms with E-state index in [-0.39, 0.29) is 6.54 Å². The molecule has 0 bridgehead atoms. The van der Waals surface area contributed by atoms with E-state index in [1.807, 2.05) is 6.92 Å². The fraction of sp³-hybridized carbons (Fsp3) is 1.00. The van der Waals surface area contributed by atoms with Gasteiger partial charge < -0.3 is 5.32 Å². The number of rotatable bonds is 7. The van der Waals surface area contributed by atoms with Gasteiger partial charge in [-0.25, -0.2) is 0 Å². The predicted octanol–water partition coefficient (Wildman–Crippen LogP) is 3.18. The van der Waals surface area contributed by atoms with E-state index in [9.17, 15) is 13.2 Å². The molecule has 0 aromatic heterocycles. The van der Waals surface area contributed by atoms with Crippen molar-refractivity contribution in [2.45, 2.75) is 32.4 Å². The second kappa shape index (κ2) is 7.35. The van der Waals surface area contributed by atoms with Crippen LogP contribution in [0.2, 0.25) is 0 Å². The van der Waals surface area contributed by atoms with Crippen LogP contribution in [0.15, 0.2) is 0 Å². The largest absolute Gasteiger partial charge is 0.390 e. The summed E-state index contributed by atoms with van der Waals surface area (Å²) in [5.74, 6) is 1.06. The van der Waals surface area contributed by atoms with Crippen LogP contribution in [0.1, 0.15) is 26.2 Å². The zero-order valence-electron chi connectivity index (χ0n) is 8.33. The Morgan fingerprint density at radius 3 is 2.43 bits per heavy atom. The van der Waals surface area contributed by atoms with E-state index >= 15 is 0 Å². The van der Waals surface area contributed by atoms with Gasteiger partial charge in [0.05, 0.1) is 6.42 Å². The molecule has 86 valence electrons. The van der Waals surface area contributed by atoms with E-state index in [1.165, 1.54) is 0 Å². The minimum absolute atomic E-state index is 0.0127. The Hall–Kier alpha value is 0.0400. The average molecular weight is 232 g/mol. The number of nitrogens with one attached hydrogen (secondary N) is 1. The first kappa shape index (κ1) is 14.0. The number of hydrogen-bond acceptors (Lipinski definition) is 1. The van der Waals surface area contributed by atoms with Crippen molar-refractivity contribution < 1.29 is 13.2 Å². The van der Waals surface area contributed by atoms with Crippen molar-refractivity contribution in [1.29, 1.82) is 0 Å². The third-order valence-corrected chi connectivity index (χ3v) is 2.43. The molecule has 5 heteroatoms. The first-order chi connectivity index (χ1) is 6.45. The van der Waals surface area contributed by atoms with Gasteiger partial charge in [0.2, 0.25) is 0 Å². The van der Waals surface area contributed by atoms with Crippen molar-refractivity contribution in [3.05, 3.63) is 0 Å². The van der Waals surface area contributed by atoms with Gasteiger partial charge in [0.1, 0.15) is 0 Å². The normalized spacial score (nSPS) is 14.4. The van der Waals surface area contributed by atoms with E-state index < -0.39 is 12.6 Å². The second-order valence-corrected chi connectivity index (χ2v) is 3.83. The van der Waals surface area contributed by atoms with Gasteiger partial charge in [0.15, 0.2) is 0 Å². The second-order valence-electron chi connectivity index (χ2n) is 3.52. The van der Waals surface area contributed by atoms with Crippen LogP contribution in [0.4, 0.5) is 13.2 Å². The van der Waals surface area contributed by atoms with Crippen molar-refractivity contribution >= 4 is 11.6 Å². The maximum absolute atomic E-state index is 11.7. The highest BCUT2D eigenvalue weighted by molar-refractivity contribution is 6.18. The molecule has 0 aliphatic rings. The minimum atomic E-state index is -4.05. The molecule has 0 aliphatic carbocycles. The molecule has 1 N–H and O–H groups in total. The SMILES string of the molecule is CC(CCl)CCCNCCC(F)(F)F. The Morgan fingerprint density at radius 2 is 1.93 bits per heavy atom. The van der Waals surface area contributed by atoms with E-state index in [2.05, 4.69) is 5.32 Å². The molecule has 1 atom stereocenters. The van der Waals surface area contributed by atoms with Crippen LogP contribution < -0.4 is 5.32 Å². The lowest BCUT2D eigenvalue weighted by atomic mass is 10.1. The van der Waals surface area contributed by atoms with Crippen LogP contribution in [0.5, 0.6) is 0 Å². The molecule has 0 heterocycles. The first-order valence-corrected chi connectivity index (χ1v) is 5.32. The average Bonchev–Trinajstić information content (AvgIpc) is 2.08. The molecule has 0 spiro atoms. The van der Waals surface area contributed by atoms with Crippen LogP contribution in [0.25, 0.3) is 0 Å². The van der Waals surface area contributed by atoms with Gasteiger partial charge in [0.25, 0.3) is 0 Å². The summed E-state index contributed by atoms with van der Waals surface area (Å²) in [5, 5.41) is 2.76. The molecule has 14 heavy (non-hydrogen) atoms. The van der Waals surface area contributed by atoms with Crippen LogP contribution >= 0.6 is 11.6 Å². The van der Waals surface area contributed by atoms with Gasteiger partial charge in [-0.3, -0.25) is 0 Å². The zero-order valence-corrected chi connectivity index (χ0v) is 9.09. The third-order valence-electron chi connectivity index (χ3n) is 1.90. The van der Waals surface area contributed by atoms with Gasteiger partial charge in [-0.05, 0) is 25.3 Å². The van der Waals surface area contributed by atoms with Gasteiger partial charge >= 0.3 is 6.18 Å². The lowest BCUT2D eigenvalue weighted by Crippen LogP contribution is -2.22. The van der Waals surface area contributed by atoms with Crippen molar-refractivity contribution in [2.75, 3.05) is 19.0 Å². The molecular formula is C9H17ClF3N. The van der Waals surface area contributed by atoms with Gasteiger partial charge in [0, 0.05) is 12.4 Å². The third kappa shape index (κ3) is 10.1. The highest BCUT2D eigenvalue weighted by Gasteiger charge is 2.25. The number of hydrogen-bond donors (Lipinski definition) is 1. The maximum atomic E-state index is 11.7. The van der Waals surface area contributed by atoms with Crippen molar-refractivity contribution in [3.63, 3.8) is 0 Å². The standard InChI is InChI=1S/C9H17ClF3N/c1-8(7-10)3-2-5-14-6-4-9(11,12)13/h8,14H,2-7H2,1H3. The van der Waals surface area contributed by atoms with E-state index in [1.54, 1.807) is 0 Å². The lowest BCUT2D eigenvalue weighted by Gasteiger charge is -2.09. The highest BCUT2D eigenvalue weighted by Crippen LogP contribution is 2.18. The summed E-state index contributed by atoms with van der Waals surface area (Å²) >= 11 is 5.58. The zero-order chi connectivity index (χ0) is 11.0. The fourth-order valence-electron chi connectivity index (χ4n) is 1.01. The molecule has 0 amide bonds. The molecule has 0 saturated heterocycles. The molecule has 0 rings (SSSR count). The Bertz CT molecular complexity index is 139. The Balaban J connectivity index is 3.14. The number of alkyl halides is 4. The first-order valence-electron chi connectivity index (χ1n) is 4.79. The molecular weight excluding hydrogens is 215 g/mol. The summed E-state index contributed by atoms with van der Waals surface area (Å²) in [6.07, 6.45) is -2.96. The molecule has 0 aromatic rings. The Morgan fingerprint density at radius 1 is 1.29 bits per heavy atom. The summed E-state index contributed by atoms with van der Waals surface area (Å²) < 4.78 is 35.1. The van der Waals surface area contributed by atoms with E-state index in [0.717, 1.165) is 12.8 Å². The number of halogens is 4. The van der Waals surface area contributed by atoms with Crippen molar-refractivity contribution in [2.24, 2.45) is 5.92 Å². The molecule has 0 aliphatic heterocycles. The molecule has 0 aromatic carbocycles. The fourth-order valence-corrected chi connectivity index (χ4v) is 1.16. The molecule has 0 radical (unpaired) electrons. The van der Waals surface area contributed by atoms with Crippen molar-refractivity contribution in [1.82, 2.24) is 5.32 Å². The van der Waals surface area contributed by atoms with Crippen LogP contribution in [-0.2, 0) is 0 Å². The Kier molecular flexibility index (Phi) is 7.37. The lowest BCUT2D eigenvalue weighted by molar-refractivity contribution is -0.133. The summed E-state index contributed by atoms with van der Waals surface area (Å²) in [7, 11) is 0.